The molecule has 0 radical (unpaired) electrons. The van der Waals surface area contributed by atoms with Crippen LogP contribution in [0.2, 0.25) is 0 Å². The van der Waals surface area contributed by atoms with Crippen LogP contribution in [0.4, 0.5) is 5.69 Å². The summed E-state index contributed by atoms with van der Waals surface area (Å²) >= 11 is 6.35. The van der Waals surface area contributed by atoms with E-state index in [-0.39, 0.29) is 21.1 Å². The highest BCUT2D eigenvalue weighted by atomic mass is 32.2. The second-order valence-electron chi connectivity index (χ2n) is 9.36. The first-order chi connectivity index (χ1) is 13.5. The Labute approximate surface area is 181 Å². The van der Waals surface area contributed by atoms with Crippen LogP contribution in [0.25, 0.3) is 6.08 Å². The maximum absolute atomic E-state index is 12.7. The summed E-state index contributed by atoms with van der Waals surface area (Å²) in [7, 11) is 0. The van der Waals surface area contributed by atoms with Crippen LogP contribution in [0, 0.1) is 0 Å². The highest BCUT2D eigenvalue weighted by Gasteiger charge is 2.40. The second kappa shape index (κ2) is 6.84. The lowest BCUT2D eigenvalue weighted by atomic mass is 9.69. The van der Waals surface area contributed by atoms with Crippen LogP contribution in [0.1, 0.15) is 57.2 Å². The molecule has 3 heterocycles. The van der Waals surface area contributed by atoms with Crippen LogP contribution in [-0.2, 0) is 20.4 Å². The molecule has 0 atom stereocenters. The molecule has 7 heteroatoms. The lowest BCUT2D eigenvalue weighted by molar-refractivity contribution is -0.305. The summed E-state index contributed by atoms with van der Waals surface area (Å²) in [5.41, 5.74) is 5.10. The number of benzene rings is 1. The summed E-state index contributed by atoms with van der Waals surface area (Å²) in [6, 6.07) is 4.38. The molecule has 154 valence electrons. The van der Waals surface area contributed by atoms with E-state index in [1.165, 1.54) is 16.8 Å². The summed E-state index contributed by atoms with van der Waals surface area (Å²) in [6.07, 6.45) is 4.04. The first-order valence-electron chi connectivity index (χ1n) is 9.89. The smallest absolute Gasteiger partial charge is 0.266 e. The lowest BCUT2D eigenvalue weighted by Crippen LogP contribution is -2.44. The van der Waals surface area contributed by atoms with E-state index in [1.807, 2.05) is 6.08 Å². The van der Waals surface area contributed by atoms with Crippen molar-refractivity contribution in [1.82, 2.24) is 4.90 Å². The fraction of sp³-hybridized carbons (Fsp3) is 0.500. The third kappa shape index (κ3) is 3.48. The molecular formula is C22H25N2O3S2-. The van der Waals surface area contributed by atoms with Gasteiger partial charge in [-0.1, -0.05) is 51.7 Å². The zero-order valence-electron chi connectivity index (χ0n) is 17.2. The Morgan fingerprint density at radius 3 is 2.24 bits per heavy atom. The van der Waals surface area contributed by atoms with Gasteiger partial charge in [0.05, 0.1) is 17.4 Å². The van der Waals surface area contributed by atoms with Crippen molar-refractivity contribution in [2.75, 3.05) is 24.5 Å². The predicted octanol–water partition coefficient (Wildman–Crippen LogP) is 2.81. The molecule has 0 aromatic heterocycles. The van der Waals surface area contributed by atoms with Crippen LogP contribution in [0.3, 0.4) is 0 Å². The number of carbonyl (C=O) groups is 2. The Morgan fingerprint density at radius 2 is 1.72 bits per heavy atom. The van der Waals surface area contributed by atoms with Crippen molar-refractivity contribution in [3.8, 4) is 0 Å². The number of anilines is 1. The average Bonchev–Trinajstić information content (AvgIpc) is 2.87. The number of amides is 1. The van der Waals surface area contributed by atoms with Crippen molar-refractivity contribution < 1.29 is 14.7 Å². The normalized spacial score (nSPS) is 23.5. The van der Waals surface area contributed by atoms with E-state index in [9.17, 15) is 14.7 Å². The average molecular weight is 430 g/mol. The third-order valence-corrected chi connectivity index (χ3v) is 7.76. The maximum atomic E-state index is 12.7. The third-order valence-electron chi connectivity index (χ3n) is 6.38. The maximum Gasteiger partial charge on any atom is 0.266 e. The standard InChI is InChI=1S/C22H26N2O3S2/c1-21(2)5-7-23-8-6-22(3,4)15-10-13(9-14(21)18(15)23)11-16-19(27)24(12-17(25)26)20(28)29-16/h9-11H,5-8,12H2,1-4H3,(H,25,26)/p-1/b16-11+. The molecule has 3 aliphatic heterocycles. The Balaban J connectivity index is 1.81. The molecule has 0 N–H and O–H groups in total. The fourth-order valence-corrected chi connectivity index (χ4v) is 5.72. The number of nitrogens with zero attached hydrogens (tertiary/aromatic N) is 2. The SMILES string of the molecule is CC1(C)CCN2CCC(C)(C)c3cc(/C=C4/SC(=S)N(CC(=O)[O-])C4=O)cc1c32. The number of hydrogen-bond donors (Lipinski definition) is 0. The van der Waals surface area contributed by atoms with Gasteiger partial charge in [-0.2, -0.15) is 0 Å². The number of hydrogen-bond acceptors (Lipinski definition) is 6. The number of carboxylic acids is 1. The van der Waals surface area contributed by atoms with E-state index in [1.54, 1.807) is 0 Å². The highest BCUT2D eigenvalue weighted by Crippen LogP contribution is 2.49. The molecule has 0 unspecified atom stereocenters. The molecule has 3 aliphatic rings. The van der Waals surface area contributed by atoms with Gasteiger partial charge in [0.2, 0.25) is 0 Å². The van der Waals surface area contributed by atoms with E-state index < -0.39 is 12.5 Å². The van der Waals surface area contributed by atoms with E-state index in [4.69, 9.17) is 12.2 Å². The van der Waals surface area contributed by atoms with E-state index in [2.05, 4.69) is 44.7 Å². The van der Waals surface area contributed by atoms with Crippen molar-refractivity contribution in [1.29, 1.82) is 0 Å². The van der Waals surface area contributed by atoms with E-state index in [0.717, 1.165) is 48.2 Å². The van der Waals surface area contributed by atoms with Crippen molar-refractivity contribution in [2.45, 2.75) is 51.4 Å². The predicted molar refractivity (Wildman–Crippen MR) is 119 cm³/mol. The van der Waals surface area contributed by atoms with E-state index in [0.29, 0.717) is 4.91 Å². The number of aliphatic carboxylic acids is 1. The van der Waals surface area contributed by atoms with Gasteiger partial charge in [0, 0.05) is 18.8 Å². The Morgan fingerprint density at radius 1 is 1.17 bits per heavy atom. The molecule has 0 aliphatic carbocycles. The van der Waals surface area contributed by atoms with Gasteiger partial charge in [0.1, 0.15) is 4.32 Å². The monoisotopic (exact) mass is 429 g/mol. The number of thioether (sulfide) groups is 1. The summed E-state index contributed by atoms with van der Waals surface area (Å²) in [4.78, 5) is 27.7. The fourth-order valence-electron chi connectivity index (χ4n) is 4.46. The zero-order valence-corrected chi connectivity index (χ0v) is 18.8. The molecule has 1 saturated heterocycles. The molecule has 1 amide bonds. The van der Waals surface area contributed by atoms with Crippen LogP contribution in [0.15, 0.2) is 17.0 Å². The van der Waals surface area contributed by atoms with Gasteiger partial charge >= 0.3 is 0 Å². The number of carbonyl (C=O) groups excluding carboxylic acids is 2. The summed E-state index contributed by atoms with van der Waals surface area (Å²) < 4.78 is 0.261. The van der Waals surface area contributed by atoms with Crippen LogP contribution in [-0.4, -0.2) is 40.7 Å². The van der Waals surface area contributed by atoms with Crippen molar-refractivity contribution in [2.24, 2.45) is 0 Å². The van der Waals surface area contributed by atoms with Gasteiger partial charge < -0.3 is 14.8 Å². The quantitative estimate of drug-likeness (QED) is 0.544. The molecule has 0 spiro atoms. The summed E-state index contributed by atoms with van der Waals surface area (Å²) in [5.74, 6) is -1.68. The van der Waals surface area contributed by atoms with Gasteiger partial charge in [-0.15, -0.1) is 0 Å². The largest absolute Gasteiger partial charge is 0.548 e. The van der Waals surface area contributed by atoms with Crippen LogP contribution >= 0.6 is 24.0 Å². The molecule has 4 rings (SSSR count). The number of thiocarbonyl (C=S) groups is 1. The minimum atomic E-state index is -1.32. The van der Waals surface area contributed by atoms with Gasteiger partial charge in [-0.3, -0.25) is 9.69 Å². The Bertz CT molecular complexity index is 924. The van der Waals surface area contributed by atoms with Gasteiger partial charge in [-0.05, 0) is 58.6 Å². The van der Waals surface area contributed by atoms with Gasteiger partial charge in [0.25, 0.3) is 5.91 Å². The van der Waals surface area contributed by atoms with Gasteiger partial charge in [0.15, 0.2) is 0 Å². The van der Waals surface area contributed by atoms with Crippen molar-refractivity contribution in [3.05, 3.63) is 33.7 Å². The summed E-state index contributed by atoms with van der Waals surface area (Å²) in [6.45, 7) is 10.8. The first kappa shape index (κ1) is 20.4. The topological polar surface area (TPSA) is 63.7 Å². The van der Waals surface area contributed by atoms with E-state index >= 15 is 0 Å². The van der Waals surface area contributed by atoms with Crippen LogP contribution in [0.5, 0.6) is 0 Å². The molecule has 1 aromatic carbocycles. The molecular weight excluding hydrogens is 404 g/mol. The number of carboxylic acid groups (broad SMARTS) is 1. The molecule has 1 aromatic rings. The van der Waals surface area contributed by atoms with Gasteiger partial charge in [-0.25, -0.2) is 0 Å². The first-order valence-corrected chi connectivity index (χ1v) is 11.1. The molecule has 5 nitrogen and oxygen atoms in total. The number of rotatable bonds is 3. The highest BCUT2D eigenvalue weighted by molar-refractivity contribution is 8.26. The van der Waals surface area contributed by atoms with Crippen molar-refractivity contribution >= 4 is 51.9 Å². The molecule has 1 fully saturated rings. The minimum Gasteiger partial charge on any atom is -0.548 e. The Hall–Kier alpha value is -1.86. The van der Waals surface area contributed by atoms with Crippen LogP contribution < -0.4 is 10.0 Å². The zero-order chi connectivity index (χ0) is 21.1. The lowest BCUT2D eigenvalue weighted by Gasteiger charge is -2.48. The van der Waals surface area contributed by atoms with Crippen molar-refractivity contribution in [3.63, 3.8) is 0 Å². The summed E-state index contributed by atoms with van der Waals surface area (Å²) in [5, 5.41) is 10.9. The molecule has 0 bridgehead atoms. The molecule has 0 saturated carbocycles. The second-order valence-corrected chi connectivity index (χ2v) is 11.0. The Kier molecular flexibility index (Phi) is 4.82. The molecule has 29 heavy (non-hydrogen) atoms. The minimum absolute atomic E-state index is 0.0612.